The molecule has 1 aliphatic carbocycles. The van der Waals surface area contributed by atoms with E-state index < -0.39 is 24.7 Å². The number of rotatable bonds is 5. The molecule has 0 aliphatic heterocycles. The average Bonchev–Trinajstić information content (AvgIpc) is 2.50. The lowest BCUT2D eigenvalue weighted by molar-refractivity contribution is 0.0260. The van der Waals surface area contributed by atoms with Crippen molar-refractivity contribution in [3.8, 4) is 0 Å². The lowest BCUT2D eigenvalue weighted by atomic mass is 9.81. The molecule has 4 atom stereocenters. The number of hydrogen-bond acceptors (Lipinski definition) is 3. The lowest BCUT2D eigenvalue weighted by Crippen LogP contribution is -2.48. The van der Waals surface area contributed by atoms with E-state index in [-0.39, 0.29) is 22.8 Å². The van der Waals surface area contributed by atoms with Gasteiger partial charge in [0.1, 0.15) is 0 Å². The zero-order valence-electron chi connectivity index (χ0n) is 17.2. The summed E-state index contributed by atoms with van der Waals surface area (Å²) in [5, 5.41) is 11.2. The Kier molecular flexibility index (Phi) is 6.38. The third-order valence-corrected chi connectivity index (χ3v) is 12.0. The molecule has 0 bridgehead atoms. The van der Waals surface area contributed by atoms with Gasteiger partial charge in [0, 0.05) is 4.90 Å². The van der Waals surface area contributed by atoms with Crippen LogP contribution in [-0.4, -0.2) is 35.1 Å². The summed E-state index contributed by atoms with van der Waals surface area (Å²) in [6, 6.07) is 7.69. The maximum atomic E-state index is 12.7. The highest BCUT2D eigenvalue weighted by Crippen LogP contribution is 2.40. The van der Waals surface area contributed by atoms with E-state index in [1.54, 1.807) is 0 Å². The molecule has 0 heterocycles. The Morgan fingerprint density at radius 1 is 1.27 bits per heavy atom. The second kappa shape index (κ2) is 7.70. The van der Waals surface area contributed by atoms with Crippen LogP contribution in [0.15, 0.2) is 41.3 Å². The van der Waals surface area contributed by atoms with Crippen molar-refractivity contribution in [2.45, 2.75) is 75.8 Å². The molecule has 1 N–H and O–H groups in total. The first kappa shape index (κ1) is 21.5. The highest BCUT2D eigenvalue weighted by atomic mass is 32.2. The van der Waals surface area contributed by atoms with E-state index in [0.29, 0.717) is 0 Å². The largest absolute Gasteiger partial charge is 0.411 e. The SMILES string of the molecule is Cc1ccc(S(=O)C[C@]2(O)C=C[C@@H](O[Si](C)(C)C(C)(C)C)C[C@H]2C)cc1. The molecule has 146 valence electrons. The van der Waals surface area contributed by atoms with Crippen LogP contribution >= 0.6 is 0 Å². The molecular formula is C21H34O3SSi. The van der Waals surface area contributed by atoms with Gasteiger partial charge in [0.2, 0.25) is 0 Å². The van der Waals surface area contributed by atoms with E-state index in [4.69, 9.17) is 4.43 Å². The van der Waals surface area contributed by atoms with E-state index >= 15 is 0 Å². The minimum atomic E-state index is -1.85. The van der Waals surface area contributed by atoms with Crippen molar-refractivity contribution in [2.24, 2.45) is 5.92 Å². The fourth-order valence-corrected chi connectivity index (χ4v) is 5.58. The third kappa shape index (κ3) is 4.94. The molecule has 0 radical (unpaired) electrons. The van der Waals surface area contributed by atoms with E-state index in [9.17, 15) is 9.32 Å². The smallest absolute Gasteiger partial charge is 0.192 e. The Balaban J connectivity index is 2.09. The van der Waals surface area contributed by atoms with E-state index in [2.05, 4.69) is 33.9 Å². The molecular weight excluding hydrogens is 360 g/mol. The molecule has 2 rings (SSSR count). The lowest BCUT2D eigenvalue weighted by Gasteiger charge is -2.42. The summed E-state index contributed by atoms with van der Waals surface area (Å²) in [5.41, 5.74) is 0.0873. The van der Waals surface area contributed by atoms with Crippen molar-refractivity contribution in [2.75, 3.05) is 5.75 Å². The predicted molar refractivity (Wildman–Crippen MR) is 112 cm³/mol. The van der Waals surface area contributed by atoms with Crippen molar-refractivity contribution >= 4 is 19.1 Å². The Morgan fingerprint density at radius 2 is 1.85 bits per heavy atom. The number of benzene rings is 1. The predicted octanol–water partition coefficient (Wildman–Crippen LogP) is 4.82. The fourth-order valence-electron chi connectivity index (χ4n) is 2.89. The van der Waals surface area contributed by atoms with Crippen LogP contribution in [0, 0.1) is 12.8 Å². The zero-order chi connectivity index (χ0) is 19.8. The summed E-state index contributed by atoms with van der Waals surface area (Å²) in [6.45, 7) is 15.2. The fraction of sp³-hybridized carbons (Fsp3) is 0.619. The first-order valence-corrected chi connectivity index (χ1v) is 13.6. The second-order valence-corrected chi connectivity index (χ2v) is 15.4. The molecule has 1 aromatic carbocycles. The summed E-state index contributed by atoms with van der Waals surface area (Å²) in [6.07, 6.45) is 4.58. The van der Waals surface area contributed by atoms with Crippen molar-refractivity contribution in [3.63, 3.8) is 0 Å². The monoisotopic (exact) mass is 394 g/mol. The van der Waals surface area contributed by atoms with Gasteiger partial charge in [0.05, 0.1) is 28.3 Å². The maximum Gasteiger partial charge on any atom is 0.192 e. The van der Waals surface area contributed by atoms with Crippen molar-refractivity contribution in [3.05, 3.63) is 42.0 Å². The van der Waals surface area contributed by atoms with Crippen LogP contribution in [0.25, 0.3) is 0 Å². The van der Waals surface area contributed by atoms with Crippen LogP contribution in [-0.2, 0) is 15.2 Å². The van der Waals surface area contributed by atoms with Crippen LogP contribution in [0.4, 0.5) is 0 Å². The molecule has 3 nitrogen and oxygen atoms in total. The van der Waals surface area contributed by atoms with Crippen LogP contribution in [0.3, 0.4) is 0 Å². The van der Waals surface area contributed by atoms with Gasteiger partial charge in [-0.3, -0.25) is 4.21 Å². The number of aliphatic hydroxyl groups is 1. The van der Waals surface area contributed by atoms with Crippen molar-refractivity contribution in [1.82, 2.24) is 0 Å². The van der Waals surface area contributed by atoms with E-state index in [0.717, 1.165) is 16.9 Å². The standard InChI is InChI=1S/C21H34O3SSi/c1-16-8-10-19(11-9-16)25(23)15-21(22)13-12-18(14-17(21)2)24-26(6,7)20(3,4)5/h8-13,17-18,22H,14-15H2,1-7H3/t17-,18-,21-,25?/m1/s1. The van der Waals surface area contributed by atoms with Gasteiger partial charge in [0.15, 0.2) is 8.32 Å². The van der Waals surface area contributed by atoms with Gasteiger partial charge in [-0.1, -0.05) is 57.5 Å². The van der Waals surface area contributed by atoms with Crippen molar-refractivity contribution in [1.29, 1.82) is 0 Å². The molecule has 5 heteroatoms. The summed E-state index contributed by atoms with van der Waals surface area (Å²) >= 11 is 0. The summed E-state index contributed by atoms with van der Waals surface area (Å²) < 4.78 is 19.2. The summed E-state index contributed by atoms with van der Waals surface area (Å²) in [7, 11) is -3.08. The van der Waals surface area contributed by atoms with Gasteiger partial charge >= 0.3 is 0 Å². The quantitative estimate of drug-likeness (QED) is 0.575. The molecule has 0 spiro atoms. The third-order valence-electron chi connectivity index (χ3n) is 5.94. The van der Waals surface area contributed by atoms with Gasteiger partial charge < -0.3 is 9.53 Å². The van der Waals surface area contributed by atoms with Gasteiger partial charge in [-0.15, -0.1) is 0 Å². The molecule has 0 amide bonds. The highest BCUT2D eigenvalue weighted by molar-refractivity contribution is 7.85. The molecule has 1 aliphatic rings. The van der Waals surface area contributed by atoms with Gasteiger partial charge in [0.25, 0.3) is 0 Å². The summed E-state index contributed by atoms with van der Waals surface area (Å²) in [5.74, 6) is 0.220. The maximum absolute atomic E-state index is 12.7. The molecule has 0 saturated carbocycles. The molecule has 0 fully saturated rings. The molecule has 0 aromatic heterocycles. The minimum Gasteiger partial charge on any atom is -0.411 e. The first-order chi connectivity index (χ1) is 11.8. The van der Waals surface area contributed by atoms with Crippen molar-refractivity contribution < 1.29 is 13.7 Å². The first-order valence-electron chi connectivity index (χ1n) is 9.39. The topological polar surface area (TPSA) is 46.5 Å². The Morgan fingerprint density at radius 3 is 2.35 bits per heavy atom. The Labute approximate surface area is 162 Å². The molecule has 0 saturated heterocycles. The zero-order valence-corrected chi connectivity index (χ0v) is 19.0. The number of aryl methyl sites for hydroxylation is 1. The van der Waals surface area contributed by atoms with E-state index in [1.165, 1.54) is 0 Å². The normalized spacial score (nSPS) is 28.2. The second-order valence-electron chi connectivity index (χ2n) is 9.21. The molecule has 1 unspecified atom stereocenters. The average molecular weight is 395 g/mol. The van der Waals surface area contributed by atoms with Gasteiger partial charge in [-0.25, -0.2) is 0 Å². The highest BCUT2D eigenvalue weighted by Gasteiger charge is 2.42. The Bertz CT molecular complexity index is 675. The minimum absolute atomic E-state index is 0.00309. The summed E-state index contributed by atoms with van der Waals surface area (Å²) in [4.78, 5) is 0.768. The van der Waals surface area contributed by atoms with Gasteiger partial charge in [-0.2, -0.15) is 0 Å². The van der Waals surface area contributed by atoms with Gasteiger partial charge in [-0.05, 0) is 49.5 Å². The van der Waals surface area contributed by atoms with Crippen LogP contribution < -0.4 is 0 Å². The van der Waals surface area contributed by atoms with Crippen LogP contribution in [0.2, 0.25) is 18.1 Å². The van der Waals surface area contributed by atoms with Crippen LogP contribution in [0.1, 0.15) is 39.7 Å². The number of hydrogen-bond donors (Lipinski definition) is 1. The van der Waals surface area contributed by atoms with E-state index in [1.807, 2.05) is 50.3 Å². The molecule has 26 heavy (non-hydrogen) atoms. The Hall–Kier alpha value is -0.753. The molecule has 1 aromatic rings. The van der Waals surface area contributed by atoms with Crippen LogP contribution in [0.5, 0.6) is 0 Å².